The molecule has 0 atom stereocenters. The largest absolute Gasteiger partial charge is 0.456 e. The zero-order valence-corrected chi connectivity index (χ0v) is 12.5. The highest BCUT2D eigenvalue weighted by Crippen LogP contribution is 2.25. The minimum Gasteiger partial charge on any atom is -0.456 e. The van der Waals surface area contributed by atoms with E-state index in [1.807, 2.05) is 44.6 Å². The van der Waals surface area contributed by atoms with Crippen LogP contribution in [0.2, 0.25) is 0 Å². The van der Waals surface area contributed by atoms with E-state index in [9.17, 15) is 0 Å². The van der Waals surface area contributed by atoms with Crippen molar-refractivity contribution in [2.45, 2.75) is 25.4 Å². The molecule has 110 valence electrons. The van der Waals surface area contributed by atoms with Crippen LogP contribution in [0, 0.1) is 0 Å². The van der Waals surface area contributed by atoms with Gasteiger partial charge in [0.05, 0.1) is 6.20 Å². The topological polar surface area (TPSA) is 37.4 Å². The lowest BCUT2D eigenvalue weighted by Crippen LogP contribution is -2.15. The average molecular weight is 283 g/mol. The fourth-order valence-electron chi connectivity index (χ4n) is 2.13. The summed E-state index contributed by atoms with van der Waals surface area (Å²) < 4.78 is 5.92. The lowest BCUT2D eigenvalue weighted by Gasteiger charge is -2.14. The van der Waals surface area contributed by atoms with Crippen molar-refractivity contribution in [3.05, 3.63) is 48.3 Å². The predicted molar refractivity (Wildman–Crippen MR) is 84.9 cm³/mol. The van der Waals surface area contributed by atoms with Crippen molar-refractivity contribution in [3.63, 3.8) is 0 Å². The first kappa shape index (κ1) is 13.9. The van der Waals surface area contributed by atoms with Crippen molar-refractivity contribution in [3.8, 4) is 11.5 Å². The van der Waals surface area contributed by atoms with Crippen LogP contribution < -0.4 is 15.0 Å². The Kier molecular flexibility index (Phi) is 4.06. The Bertz CT molecular complexity index is 608. The van der Waals surface area contributed by atoms with Crippen molar-refractivity contribution in [2.75, 3.05) is 19.0 Å². The molecular formula is C17H21N3O. The Morgan fingerprint density at radius 3 is 2.81 bits per heavy atom. The second-order valence-electron chi connectivity index (χ2n) is 5.68. The van der Waals surface area contributed by atoms with Crippen molar-refractivity contribution >= 4 is 5.69 Å². The Labute approximate surface area is 125 Å². The maximum atomic E-state index is 5.92. The standard InChI is InChI=1S/C17H21N3O/c1-20(2)15-4-3-5-16(9-15)21-17-8-13(10-18-12-17)11-19-14-6-7-14/h3-5,8-10,12,14,19H,6-7,11H2,1-2H3. The molecule has 1 fully saturated rings. The van der Waals surface area contributed by atoms with E-state index in [0.29, 0.717) is 6.04 Å². The molecule has 0 spiro atoms. The molecule has 0 amide bonds. The molecule has 4 nitrogen and oxygen atoms in total. The predicted octanol–water partition coefficient (Wildman–Crippen LogP) is 3.19. The van der Waals surface area contributed by atoms with Crippen LogP contribution in [0.15, 0.2) is 42.7 Å². The Morgan fingerprint density at radius 1 is 1.19 bits per heavy atom. The number of rotatable bonds is 6. The molecule has 4 heteroatoms. The lowest BCUT2D eigenvalue weighted by molar-refractivity contribution is 0.479. The first-order chi connectivity index (χ1) is 10.2. The van der Waals surface area contributed by atoms with Gasteiger partial charge in [0.2, 0.25) is 0 Å². The SMILES string of the molecule is CN(C)c1cccc(Oc2cncc(CNC3CC3)c2)c1. The van der Waals surface area contributed by atoms with Crippen LogP contribution in [0.3, 0.4) is 0 Å². The average Bonchev–Trinajstić information content (AvgIpc) is 3.30. The summed E-state index contributed by atoms with van der Waals surface area (Å²) in [4.78, 5) is 6.32. The van der Waals surface area contributed by atoms with Crippen molar-refractivity contribution in [1.29, 1.82) is 0 Å². The number of nitrogens with zero attached hydrogens (tertiary/aromatic N) is 2. The van der Waals surface area contributed by atoms with Crippen LogP contribution in [0.4, 0.5) is 5.69 Å². The summed E-state index contributed by atoms with van der Waals surface area (Å²) in [5.41, 5.74) is 2.27. The normalized spacial score (nSPS) is 14.0. The molecule has 21 heavy (non-hydrogen) atoms. The number of hydrogen-bond donors (Lipinski definition) is 1. The molecule has 0 bridgehead atoms. The zero-order valence-electron chi connectivity index (χ0n) is 12.5. The molecule has 2 aromatic rings. The third-order valence-electron chi connectivity index (χ3n) is 3.51. The van der Waals surface area contributed by atoms with Gasteiger partial charge in [-0.25, -0.2) is 0 Å². The van der Waals surface area contributed by atoms with Crippen LogP contribution in [0.1, 0.15) is 18.4 Å². The Morgan fingerprint density at radius 2 is 2.05 bits per heavy atom. The first-order valence-corrected chi connectivity index (χ1v) is 7.33. The summed E-state index contributed by atoms with van der Waals surface area (Å²) in [6, 6.07) is 10.8. The summed E-state index contributed by atoms with van der Waals surface area (Å²) in [6.07, 6.45) is 6.23. The number of anilines is 1. The molecule has 3 rings (SSSR count). The molecule has 0 saturated heterocycles. The van der Waals surface area contributed by atoms with Gasteiger partial charge in [-0.1, -0.05) is 6.07 Å². The maximum absolute atomic E-state index is 5.92. The molecule has 0 unspecified atom stereocenters. The minimum absolute atomic E-state index is 0.700. The van der Waals surface area contributed by atoms with Gasteiger partial charge in [-0.2, -0.15) is 0 Å². The fraction of sp³-hybridized carbons (Fsp3) is 0.353. The monoisotopic (exact) mass is 283 g/mol. The van der Waals surface area contributed by atoms with Crippen LogP contribution in [0.5, 0.6) is 11.5 Å². The molecule has 1 aromatic heterocycles. The summed E-state index contributed by atoms with van der Waals surface area (Å²) in [7, 11) is 4.04. The van der Waals surface area contributed by atoms with E-state index in [0.717, 1.165) is 29.3 Å². The Balaban J connectivity index is 1.68. The van der Waals surface area contributed by atoms with E-state index >= 15 is 0 Å². The molecule has 0 aliphatic heterocycles. The fourth-order valence-corrected chi connectivity index (χ4v) is 2.13. The molecule has 0 radical (unpaired) electrons. The van der Waals surface area contributed by atoms with Gasteiger partial charge < -0.3 is 15.0 Å². The van der Waals surface area contributed by atoms with Crippen molar-refractivity contribution in [1.82, 2.24) is 10.3 Å². The lowest BCUT2D eigenvalue weighted by atomic mass is 10.2. The third-order valence-corrected chi connectivity index (χ3v) is 3.51. The summed E-state index contributed by atoms with van der Waals surface area (Å²) in [5, 5.41) is 3.49. The molecule has 1 saturated carbocycles. The van der Waals surface area contributed by atoms with E-state index in [1.165, 1.54) is 12.8 Å². The van der Waals surface area contributed by atoms with Gasteiger partial charge in [0.25, 0.3) is 0 Å². The van der Waals surface area contributed by atoms with E-state index < -0.39 is 0 Å². The van der Waals surface area contributed by atoms with Crippen LogP contribution in [-0.2, 0) is 6.54 Å². The Hall–Kier alpha value is -2.07. The molecule has 1 heterocycles. The number of nitrogens with one attached hydrogen (secondary N) is 1. The molecule has 1 aliphatic rings. The van der Waals surface area contributed by atoms with E-state index in [4.69, 9.17) is 4.74 Å². The minimum atomic E-state index is 0.700. The first-order valence-electron chi connectivity index (χ1n) is 7.33. The number of aromatic nitrogens is 1. The molecular weight excluding hydrogens is 262 g/mol. The molecule has 1 aromatic carbocycles. The van der Waals surface area contributed by atoms with Gasteiger partial charge in [0.1, 0.15) is 11.5 Å². The second-order valence-corrected chi connectivity index (χ2v) is 5.68. The van der Waals surface area contributed by atoms with E-state index in [2.05, 4.69) is 21.3 Å². The van der Waals surface area contributed by atoms with Gasteiger partial charge in [0, 0.05) is 44.6 Å². The quantitative estimate of drug-likeness (QED) is 0.883. The van der Waals surface area contributed by atoms with Gasteiger partial charge in [-0.05, 0) is 36.6 Å². The molecule has 1 N–H and O–H groups in total. The van der Waals surface area contributed by atoms with Crippen LogP contribution in [0.25, 0.3) is 0 Å². The summed E-state index contributed by atoms with van der Waals surface area (Å²) in [5.74, 6) is 1.61. The zero-order chi connectivity index (χ0) is 14.7. The third kappa shape index (κ3) is 3.95. The highest BCUT2D eigenvalue weighted by Gasteiger charge is 2.19. The van der Waals surface area contributed by atoms with Crippen molar-refractivity contribution < 1.29 is 4.74 Å². The van der Waals surface area contributed by atoms with E-state index in [-0.39, 0.29) is 0 Å². The summed E-state index contributed by atoms with van der Waals surface area (Å²) in [6.45, 7) is 0.854. The van der Waals surface area contributed by atoms with Crippen LogP contribution >= 0.6 is 0 Å². The van der Waals surface area contributed by atoms with Gasteiger partial charge in [0.15, 0.2) is 0 Å². The smallest absolute Gasteiger partial charge is 0.146 e. The highest BCUT2D eigenvalue weighted by molar-refractivity contribution is 5.50. The number of ether oxygens (including phenoxy) is 1. The second kappa shape index (κ2) is 6.14. The highest BCUT2D eigenvalue weighted by atomic mass is 16.5. The van der Waals surface area contributed by atoms with Gasteiger partial charge in [-0.15, -0.1) is 0 Å². The maximum Gasteiger partial charge on any atom is 0.146 e. The van der Waals surface area contributed by atoms with Crippen molar-refractivity contribution in [2.24, 2.45) is 0 Å². The van der Waals surface area contributed by atoms with Gasteiger partial charge in [-0.3, -0.25) is 4.98 Å². The number of hydrogen-bond acceptors (Lipinski definition) is 4. The van der Waals surface area contributed by atoms with Gasteiger partial charge >= 0.3 is 0 Å². The number of pyridine rings is 1. The van der Waals surface area contributed by atoms with E-state index in [1.54, 1.807) is 6.20 Å². The number of benzene rings is 1. The summed E-state index contributed by atoms with van der Waals surface area (Å²) >= 11 is 0. The van der Waals surface area contributed by atoms with Crippen LogP contribution in [-0.4, -0.2) is 25.1 Å². The molecule has 1 aliphatic carbocycles.